The molecule has 19 heavy (non-hydrogen) atoms. The smallest absolute Gasteiger partial charge is 0.129 e. The van der Waals surface area contributed by atoms with E-state index in [2.05, 4.69) is 31.9 Å². The van der Waals surface area contributed by atoms with Gasteiger partial charge in [0.1, 0.15) is 11.6 Å². The van der Waals surface area contributed by atoms with Crippen molar-refractivity contribution in [1.82, 2.24) is 0 Å². The van der Waals surface area contributed by atoms with Crippen LogP contribution >= 0.6 is 43.5 Å². The van der Waals surface area contributed by atoms with Crippen molar-refractivity contribution in [3.05, 3.63) is 68.7 Å². The van der Waals surface area contributed by atoms with Gasteiger partial charge in [0, 0.05) is 14.9 Å². The topological polar surface area (TPSA) is 0 Å². The van der Waals surface area contributed by atoms with Crippen LogP contribution in [0.3, 0.4) is 0 Å². The van der Waals surface area contributed by atoms with Crippen molar-refractivity contribution in [2.24, 2.45) is 0 Å². The fourth-order valence-electron chi connectivity index (χ4n) is 1.78. The number of hydrogen-bond acceptors (Lipinski definition) is 0. The van der Waals surface area contributed by atoms with E-state index in [1.54, 1.807) is 0 Å². The van der Waals surface area contributed by atoms with Gasteiger partial charge < -0.3 is 0 Å². The van der Waals surface area contributed by atoms with Crippen LogP contribution in [0, 0.1) is 11.6 Å². The second-order valence-corrected chi connectivity index (χ2v) is 6.35. The highest BCUT2D eigenvalue weighted by Gasteiger charge is 2.18. The summed E-state index contributed by atoms with van der Waals surface area (Å²) in [6, 6.07) is 9.32. The molecule has 0 spiro atoms. The lowest BCUT2D eigenvalue weighted by Gasteiger charge is -2.14. The second kappa shape index (κ2) is 6.33. The molecule has 2 aromatic rings. The summed E-state index contributed by atoms with van der Waals surface area (Å²) in [5.74, 6) is -1.09. The Labute approximate surface area is 132 Å². The van der Waals surface area contributed by atoms with Gasteiger partial charge in [-0.3, -0.25) is 0 Å². The van der Waals surface area contributed by atoms with E-state index >= 15 is 0 Å². The molecule has 0 fully saturated rings. The fraction of sp³-hybridized carbons (Fsp3) is 0.143. The molecular weight excluding hydrogens is 401 g/mol. The SMILES string of the molecule is Fc1cccc(F)c1CC(Br)c1cccc(Br)c1Cl. The Kier molecular flexibility index (Phi) is 4.98. The summed E-state index contributed by atoms with van der Waals surface area (Å²) in [5, 5.41) is 0.543. The van der Waals surface area contributed by atoms with Crippen molar-refractivity contribution < 1.29 is 8.78 Å². The van der Waals surface area contributed by atoms with E-state index in [-0.39, 0.29) is 16.8 Å². The fourth-order valence-corrected chi connectivity index (χ4v) is 3.26. The van der Waals surface area contributed by atoms with E-state index < -0.39 is 11.6 Å². The summed E-state index contributed by atoms with van der Waals surface area (Å²) < 4.78 is 28.0. The first kappa shape index (κ1) is 14.9. The lowest BCUT2D eigenvalue weighted by Crippen LogP contribution is -2.02. The van der Waals surface area contributed by atoms with Gasteiger partial charge in [0.15, 0.2) is 0 Å². The zero-order chi connectivity index (χ0) is 14.0. The second-order valence-electron chi connectivity index (χ2n) is 4.01. The van der Waals surface area contributed by atoms with E-state index in [0.29, 0.717) is 5.02 Å². The first-order valence-corrected chi connectivity index (χ1v) is 7.60. The molecule has 0 amide bonds. The minimum Gasteiger partial charge on any atom is -0.207 e. The maximum Gasteiger partial charge on any atom is 0.129 e. The Morgan fingerprint density at radius 3 is 2.26 bits per heavy atom. The molecule has 0 aliphatic carbocycles. The third kappa shape index (κ3) is 3.36. The number of rotatable bonds is 3. The van der Waals surface area contributed by atoms with Crippen molar-refractivity contribution in [1.29, 1.82) is 0 Å². The summed E-state index contributed by atoms with van der Waals surface area (Å²) in [4.78, 5) is -0.260. The van der Waals surface area contributed by atoms with E-state index in [4.69, 9.17) is 11.6 Å². The maximum atomic E-state index is 13.6. The van der Waals surface area contributed by atoms with E-state index in [1.807, 2.05) is 18.2 Å². The van der Waals surface area contributed by atoms with Gasteiger partial charge in [-0.15, -0.1) is 0 Å². The lowest BCUT2D eigenvalue weighted by atomic mass is 10.0. The van der Waals surface area contributed by atoms with Gasteiger partial charge in [-0.2, -0.15) is 0 Å². The largest absolute Gasteiger partial charge is 0.207 e. The molecular formula is C14H9Br2ClF2. The van der Waals surface area contributed by atoms with Crippen LogP contribution < -0.4 is 0 Å². The zero-order valence-corrected chi connectivity index (χ0v) is 13.6. The summed E-state index contributed by atoms with van der Waals surface area (Å²) in [6.45, 7) is 0. The average molecular weight is 410 g/mol. The predicted octanol–water partition coefficient (Wildman–Crippen LogP) is 6.06. The van der Waals surface area contributed by atoms with Gasteiger partial charge in [0.25, 0.3) is 0 Å². The monoisotopic (exact) mass is 408 g/mol. The quantitative estimate of drug-likeness (QED) is 0.540. The third-order valence-electron chi connectivity index (χ3n) is 2.76. The standard InChI is InChI=1S/C14H9Br2ClF2/c15-10-4-1-3-8(14(10)17)11(16)7-9-12(18)5-2-6-13(9)19/h1-6,11H,7H2. The third-order valence-corrected chi connectivity index (χ3v) is 4.89. The van der Waals surface area contributed by atoms with Crippen LogP contribution in [0.25, 0.3) is 0 Å². The van der Waals surface area contributed by atoms with Crippen LogP contribution in [0.5, 0.6) is 0 Å². The molecule has 5 heteroatoms. The van der Waals surface area contributed by atoms with Crippen molar-refractivity contribution >= 4 is 43.5 Å². The van der Waals surface area contributed by atoms with Crippen LogP contribution in [-0.4, -0.2) is 0 Å². The molecule has 0 aliphatic rings. The highest BCUT2D eigenvalue weighted by Crippen LogP contribution is 2.36. The molecule has 0 aromatic heterocycles. The summed E-state index contributed by atoms with van der Waals surface area (Å²) in [6.07, 6.45) is 0.189. The Balaban J connectivity index is 2.31. The molecule has 0 heterocycles. The molecule has 0 N–H and O–H groups in total. The molecule has 1 unspecified atom stereocenters. The van der Waals surface area contributed by atoms with Crippen molar-refractivity contribution in [2.75, 3.05) is 0 Å². The van der Waals surface area contributed by atoms with Gasteiger partial charge in [-0.05, 0) is 46.1 Å². The van der Waals surface area contributed by atoms with Crippen LogP contribution in [0.1, 0.15) is 16.0 Å². The van der Waals surface area contributed by atoms with Crippen molar-refractivity contribution in [2.45, 2.75) is 11.2 Å². The number of halogens is 5. The van der Waals surface area contributed by atoms with Gasteiger partial charge in [0.2, 0.25) is 0 Å². The first-order chi connectivity index (χ1) is 9.00. The van der Waals surface area contributed by atoms with Crippen LogP contribution in [0.15, 0.2) is 40.9 Å². The molecule has 0 saturated heterocycles. The number of alkyl halides is 1. The van der Waals surface area contributed by atoms with Gasteiger partial charge in [0.05, 0.1) is 5.02 Å². The summed E-state index contributed by atoms with van der Waals surface area (Å²) in [5.41, 5.74) is 0.846. The van der Waals surface area contributed by atoms with Crippen molar-refractivity contribution in [3.8, 4) is 0 Å². The Morgan fingerprint density at radius 2 is 1.63 bits per heavy atom. The van der Waals surface area contributed by atoms with Gasteiger partial charge >= 0.3 is 0 Å². The zero-order valence-electron chi connectivity index (χ0n) is 9.64. The molecule has 0 bridgehead atoms. The van der Waals surface area contributed by atoms with Gasteiger partial charge in [-0.25, -0.2) is 8.78 Å². The molecule has 0 radical (unpaired) electrons. The molecule has 2 rings (SSSR count). The number of benzene rings is 2. The normalized spacial score (nSPS) is 12.5. The average Bonchev–Trinajstić information content (AvgIpc) is 2.37. The van der Waals surface area contributed by atoms with Crippen molar-refractivity contribution in [3.63, 3.8) is 0 Å². The van der Waals surface area contributed by atoms with Crippen LogP contribution in [0.4, 0.5) is 8.78 Å². The molecule has 2 aromatic carbocycles. The highest BCUT2D eigenvalue weighted by atomic mass is 79.9. The molecule has 0 saturated carbocycles. The Bertz CT molecular complexity index is 582. The Hall–Kier alpha value is -0.450. The van der Waals surface area contributed by atoms with Crippen LogP contribution in [0.2, 0.25) is 5.02 Å². The Morgan fingerprint density at radius 1 is 1.05 bits per heavy atom. The molecule has 100 valence electrons. The predicted molar refractivity (Wildman–Crippen MR) is 80.9 cm³/mol. The minimum atomic E-state index is -0.546. The molecule has 1 atom stereocenters. The van der Waals surface area contributed by atoms with E-state index in [0.717, 1.165) is 10.0 Å². The minimum absolute atomic E-state index is 0.0559. The number of hydrogen-bond donors (Lipinski definition) is 0. The van der Waals surface area contributed by atoms with Crippen LogP contribution in [-0.2, 0) is 6.42 Å². The molecule has 0 nitrogen and oxygen atoms in total. The van der Waals surface area contributed by atoms with Gasteiger partial charge in [-0.1, -0.05) is 45.7 Å². The highest BCUT2D eigenvalue weighted by molar-refractivity contribution is 9.10. The van der Waals surface area contributed by atoms with E-state index in [9.17, 15) is 8.78 Å². The van der Waals surface area contributed by atoms with E-state index in [1.165, 1.54) is 18.2 Å². The maximum absolute atomic E-state index is 13.6. The summed E-state index contributed by atoms with van der Waals surface area (Å²) >= 11 is 12.9. The summed E-state index contributed by atoms with van der Waals surface area (Å²) in [7, 11) is 0. The lowest BCUT2D eigenvalue weighted by molar-refractivity contribution is 0.554. The molecule has 0 aliphatic heterocycles. The first-order valence-electron chi connectivity index (χ1n) is 5.51.